The number of carbonyl (C=O) groups excluding carboxylic acids is 2. The van der Waals surface area contributed by atoms with E-state index >= 15 is 0 Å². The molecule has 1 fully saturated rings. The second-order valence-corrected chi connectivity index (χ2v) is 7.01. The zero-order valence-electron chi connectivity index (χ0n) is 17.3. The van der Waals surface area contributed by atoms with Crippen LogP contribution in [0.1, 0.15) is 32.3 Å². The standard InChI is InChI=1S/C22H30N2O5/c1-3-13-29-18-8-6-17(7-9-18)19-20(23-11-15-28-16-12-23)22(26)24(21(19)25)10-5-14-27-4-2/h6-9H,3-5,10-16H2,1-2H3. The molecule has 7 heteroatoms. The van der Waals surface area contributed by atoms with Crippen LogP contribution in [0, 0.1) is 0 Å². The van der Waals surface area contributed by atoms with Gasteiger partial charge in [0, 0.05) is 32.8 Å². The number of amides is 2. The van der Waals surface area contributed by atoms with Gasteiger partial charge in [0.2, 0.25) is 0 Å². The first kappa shape index (κ1) is 21.3. The molecule has 3 rings (SSSR count). The van der Waals surface area contributed by atoms with Gasteiger partial charge >= 0.3 is 0 Å². The molecule has 1 saturated heterocycles. The third kappa shape index (κ3) is 4.97. The lowest BCUT2D eigenvalue weighted by atomic mass is 10.0. The second kappa shape index (κ2) is 10.4. The number of hydrogen-bond acceptors (Lipinski definition) is 6. The van der Waals surface area contributed by atoms with Crippen molar-refractivity contribution in [3.8, 4) is 5.75 Å². The fraction of sp³-hybridized carbons (Fsp3) is 0.545. The Morgan fingerprint density at radius 3 is 2.38 bits per heavy atom. The Kier molecular flexibility index (Phi) is 7.66. The summed E-state index contributed by atoms with van der Waals surface area (Å²) in [5.41, 5.74) is 1.69. The van der Waals surface area contributed by atoms with Gasteiger partial charge in [-0.1, -0.05) is 19.1 Å². The first-order chi connectivity index (χ1) is 14.2. The first-order valence-corrected chi connectivity index (χ1v) is 10.4. The first-order valence-electron chi connectivity index (χ1n) is 10.4. The van der Waals surface area contributed by atoms with Crippen LogP contribution in [0.15, 0.2) is 30.0 Å². The van der Waals surface area contributed by atoms with E-state index < -0.39 is 0 Å². The number of nitrogens with zero attached hydrogens (tertiary/aromatic N) is 2. The zero-order valence-corrected chi connectivity index (χ0v) is 17.3. The van der Waals surface area contributed by atoms with Crippen molar-refractivity contribution >= 4 is 17.4 Å². The number of rotatable bonds is 10. The van der Waals surface area contributed by atoms with E-state index in [9.17, 15) is 9.59 Å². The Morgan fingerprint density at radius 1 is 1.00 bits per heavy atom. The van der Waals surface area contributed by atoms with Gasteiger partial charge in [0.15, 0.2) is 0 Å². The zero-order chi connectivity index (χ0) is 20.6. The largest absolute Gasteiger partial charge is 0.494 e. The third-order valence-corrected chi connectivity index (χ3v) is 4.96. The number of imide groups is 1. The van der Waals surface area contributed by atoms with Gasteiger partial charge in [0.1, 0.15) is 11.4 Å². The van der Waals surface area contributed by atoms with E-state index in [1.54, 1.807) is 0 Å². The molecular formula is C22H30N2O5. The van der Waals surface area contributed by atoms with Crippen molar-refractivity contribution in [2.75, 3.05) is 52.7 Å². The molecule has 158 valence electrons. The highest BCUT2D eigenvalue weighted by molar-refractivity contribution is 6.35. The maximum atomic E-state index is 13.2. The van der Waals surface area contributed by atoms with Crippen LogP contribution in [0.4, 0.5) is 0 Å². The minimum absolute atomic E-state index is 0.227. The summed E-state index contributed by atoms with van der Waals surface area (Å²) < 4.78 is 16.4. The Morgan fingerprint density at radius 2 is 1.72 bits per heavy atom. The fourth-order valence-corrected chi connectivity index (χ4v) is 3.51. The average Bonchev–Trinajstić information content (AvgIpc) is 3.00. The van der Waals surface area contributed by atoms with Crippen molar-refractivity contribution in [3.05, 3.63) is 35.5 Å². The molecule has 0 N–H and O–H groups in total. The summed E-state index contributed by atoms with van der Waals surface area (Å²) in [5.74, 6) is 0.291. The lowest BCUT2D eigenvalue weighted by Gasteiger charge is -2.29. The topological polar surface area (TPSA) is 68.3 Å². The van der Waals surface area contributed by atoms with E-state index in [0.29, 0.717) is 70.4 Å². The van der Waals surface area contributed by atoms with Crippen LogP contribution in [0.3, 0.4) is 0 Å². The van der Waals surface area contributed by atoms with Gasteiger partial charge in [0.25, 0.3) is 11.8 Å². The summed E-state index contributed by atoms with van der Waals surface area (Å²) in [5, 5.41) is 0. The van der Waals surface area contributed by atoms with Crippen molar-refractivity contribution in [2.24, 2.45) is 0 Å². The van der Waals surface area contributed by atoms with E-state index in [2.05, 4.69) is 6.92 Å². The molecule has 0 aromatic heterocycles. The summed E-state index contributed by atoms with van der Waals surface area (Å²) in [6.45, 7) is 8.42. The van der Waals surface area contributed by atoms with Crippen LogP contribution >= 0.6 is 0 Å². The molecule has 0 atom stereocenters. The fourth-order valence-electron chi connectivity index (χ4n) is 3.51. The van der Waals surface area contributed by atoms with E-state index in [1.165, 1.54) is 4.90 Å². The molecule has 0 saturated carbocycles. The molecule has 0 bridgehead atoms. The normalized spacial score (nSPS) is 17.4. The smallest absolute Gasteiger partial charge is 0.277 e. The molecular weight excluding hydrogens is 372 g/mol. The predicted octanol–water partition coefficient (Wildman–Crippen LogP) is 2.31. The molecule has 7 nitrogen and oxygen atoms in total. The lowest BCUT2D eigenvalue weighted by Crippen LogP contribution is -2.40. The molecule has 1 aromatic carbocycles. The number of morpholine rings is 1. The SMILES string of the molecule is CCCOc1ccc(C2=C(N3CCOCC3)C(=O)N(CCCOCC)C2=O)cc1. The maximum Gasteiger partial charge on any atom is 0.277 e. The van der Waals surface area contributed by atoms with Crippen LogP contribution in [-0.2, 0) is 19.1 Å². The highest BCUT2D eigenvalue weighted by Crippen LogP contribution is 2.33. The Hall–Kier alpha value is -2.38. The van der Waals surface area contributed by atoms with E-state index in [1.807, 2.05) is 36.1 Å². The number of benzene rings is 1. The van der Waals surface area contributed by atoms with E-state index in [4.69, 9.17) is 14.2 Å². The third-order valence-electron chi connectivity index (χ3n) is 4.96. The minimum Gasteiger partial charge on any atom is -0.494 e. The maximum absolute atomic E-state index is 13.2. The van der Waals surface area contributed by atoms with Crippen molar-refractivity contribution in [1.82, 2.24) is 9.80 Å². The van der Waals surface area contributed by atoms with Crippen molar-refractivity contribution in [2.45, 2.75) is 26.7 Å². The lowest BCUT2D eigenvalue weighted by molar-refractivity contribution is -0.138. The Balaban J connectivity index is 1.86. The molecule has 0 unspecified atom stereocenters. The molecule has 2 heterocycles. The monoisotopic (exact) mass is 402 g/mol. The van der Waals surface area contributed by atoms with Crippen molar-refractivity contribution < 1.29 is 23.8 Å². The van der Waals surface area contributed by atoms with Gasteiger partial charge in [-0.3, -0.25) is 14.5 Å². The second-order valence-electron chi connectivity index (χ2n) is 7.01. The molecule has 2 aliphatic rings. The van der Waals surface area contributed by atoms with Gasteiger partial charge in [-0.15, -0.1) is 0 Å². The van der Waals surface area contributed by atoms with Crippen molar-refractivity contribution in [1.29, 1.82) is 0 Å². The number of carbonyl (C=O) groups is 2. The van der Waals surface area contributed by atoms with Crippen LogP contribution in [0.5, 0.6) is 5.75 Å². The van der Waals surface area contributed by atoms with Gasteiger partial charge in [0.05, 0.1) is 25.4 Å². The van der Waals surface area contributed by atoms with Crippen LogP contribution < -0.4 is 4.74 Å². The van der Waals surface area contributed by atoms with Gasteiger partial charge < -0.3 is 19.1 Å². The average molecular weight is 402 g/mol. The number of hydrogen-bond donors (Lipinski definition) is 0. The minimum atomic E-state index is -0.241. The summed E-state index contributed by atoms with van der Waals surface area (Å²) in [6.07, 6.45) is 1.55. The highest BCUT2D eigenvalue weighted by Gasteiger charge is 2.41. The molecule has 29 heavy (non-hydrogen) atoms. The molecule has 1 aromatic rings. The molecule has 2 aliphatic heterocycles. The Bertz CT molecular complexity index is 738. The van der Waals surface area contributed by atoms with Gasteiger partial charge in [-0.2, -0.15) is 0 Å². The molecule has 0 aliphatic carbocycles. The van der Waals surface area contributed by atoms with E-state index in [-0.39, 0.29) is 11.8 Å². The van der Waals surface area contributed by atoms with Crippen LogP contribution in [0.2, 0.25) is 0 Å². The highest BCUT2D eigenvalue weighted by atomic mass is 16.5. The van der Waals surface area contributed by atoms with Gasteiger partial charge in [-0.25, -0.2) is 0 Å². The van der Waals surface area contributed by atoms with Gasteiger partial charge in [-0.05, 0) is 37.5 Å². The van der Waals surface area contributed by atoms with Crippen molar-refractivity contribution in [3.63, 3.8) is 0 Å². The quantitative estimate of drug-likeness (QED) is 0.442. The van der Waals surface area contributed by atoms with Crippen LogP contribution in [0.25, 0.3) is 5.57 Å². The summed E-state index contributed by atoms with van der Waals surface area (Å²) >= 11 is 0. The summed E-state index contributed by atoms with van der Waals surface area (Å²) in [7, 11) is 0. The molecule has 0 radical (unpaired) electrons. The summed E-state index contributed by atoms with van der Waals surface area (Å²) in [4.78, 5) is 29.7. The summed E-state index contributed by atoms with van der Waals surface area (Å²) in [6, 6.07) is 7.42. The molecule has 0 spiro atoms. The Labute approximate surface area is 172 Å². The van der Waals surface area contributed by atoms with Crippen LogP contribution in [-0.4, -0.2) is 74.3 Å². The van der Waals surface area contributed by atoms with E-state index in [0.717, 1.165) is 17.7 Å². The predicted molar refractivity (Wildman–Crippen MR) is 109 cm³/mol. The number of ether oxygens (including phenoxy) is 3. The molecule has 2 amide bonds.